The first kappa shape index (κ1) is 85.8. The van der Waals surface area contributed by atoms with Gasteiger partial charge in [0.15, 0.2) is 0 Å². The first-order valence-corrected chi connectivity index (χ1v) is 45.5. The van der Waals surface area contributed by atoms with Crippen molar-refractivity contribution in [3.05, 3.63) is 382 Å². The number of benzene rings is 14. The van der Waals surface area contributed by atoms with Crippen LogP contribution in [0.2, 0.25) is 0 Å². The third kappa shape index (κ3) is 18.4. The van der Waals surface area contributed by atoms with Crippen LogP contribution in [0.5, 0.6) is 0 Å². The predicted molar refractivity (Wildman–Crippen MR) is 532 cm³/mol. The zero-order valence-corrected chi connectivity index (χ0v) is 76.1. The highest BCUT2D eigenvalue weighted by molar-refractivity contribution is 5.91. The molecular formula is C117H128N6. The second-order valence-electron chi connectivity index (χ2n) is 36.3. The summed E-state index contributed by atoms with van der Waals surface area (Å²) in [6, 6.07) is 117. The number of para-hydroxylation sites is 2. The number of nitrogens with zero attached hydrogens (tertiary/aromatic N) is 6. The molecule has 0 bridgehead atoms. The Morgan fingerprint density at radius 1 is 0.195 bits per heavy atom. The molecule has 3 aliphatic rings. The van der Waals surface area contributed by atoms with Crippen LogP contribution in [0.4, 0.5) is 79.6 Å². The molecule has 0 aliphatic heterocycles. The van der Waals surface area contributed by atoms with Crippen molar-refractivity contribution in [2.75, 3.05) is 57.6 Å². The average Bonchev–Trinajstić information content (AvgIpc) is 1.56. The molecule has 0 heterocycles. The lowest BCUT2D eigenvalue weighted by atomic mass is 9.70. The van der Waals surface area contributed by atoms with E-state index in [1.54, 1.807) is 11.1 Å². The van der Waals surface area contributed by atoms with E-state index in [2.05, 4.69) is 456 Å². The van der Waals surface area contributed by atoms with E-state index in [9.17, 15) is 0 Å². The van der Waals surface area contributed by atoms with Crippen molar-refractivity contribution >= 4 is 79.6 Å². The lowest BCUT2D eigenvalue weighted by molar-refractivity contribution is 0.398. The maximum atomic E-state index is 2.56. The lowest BCUT2D eigenvalue weighted by Gasteiger charge is -2.34. The molecule has 626 valence electrons. The minimum absolute atomic E-state index is 0.0361. The van der Waals surface area contributed by atoms with Gasteiger partial charge in [-0.3, -0.25) is 0 Å². The molecule has 0 unspecified atom stereocenters. The Bertz CT molecular complexity index is 5540. The highest BCUT2D eigenvalue weighted by Crippen LogP contribution is 2.58. The molecule has 0 aromatic heterocycles. The van der Waals surface area contributed by atoms with Gasteiger partial charge in [0, 0.05) is 124 Å². The van der Waals surface area contributed by atoms with Crippen molar-refractivity contribution in [1.29, 1.82) is 0 Å². The molecule has 6 nitrogen and oxygen atoms in total. The van der Waals surface area contributed by atoms with E-state index in [4.69, 9.17) is 0 Å². The van der Waals surface area contributed by atoms with Gasteiger partial charge in [0.2, 0.25) is 0 Å². The predicted octanol–water partition coefficient (Wildman–Crippen LogP) is 33.3. The quantitative estimate of drug-likeness (QED) is 0.0452. The number of aryl methyl sites for hydroxylation is 6. The second-order valence-corrected chi connectivity index (χ2v) is 36.3. The number of hydrogen-bond donors (Lipinski definition) is 0. The van der Waals surface area contributed by atoms with Crippen molar-refractivity contribution in [2.45, 2.75) is 189 Å². The maximum Gasteiger partial charge on any atom is 0.0465 e. The molecule has 0 saturated carbocycles. The Balaban J connectivity index is 0.000000145. The van der Waals surface area contributed by atoms with Gasteiger partial charge in [-0.2, -0.15) is 0 Å². The van der Waals surface area contributed by atoms with Crippen LogP contribution < -0.4 is 29.4 Å². The van der Waals surface area contributed by atoms with Gasteiger partial charge in [0.25, 0.3) is 0 Å². The number of unbranched alkanes of at least 4 members (excludes halogenated alkanes) is 10. The standard InChI is InChI=1S/C45H60N2.C41H36N2.C31H32N2/c1-7-9-11-13-15-17-31-45(32-18-16-14-12-10-8-2)43-33-39(46(5)37-23-19-35(3)20-24-37)27-29-41(43)42-30-28-40(34-44(42)45)47(6)38-25-21-36(4)22-26-38;1-29-15-19-33(20-16-29)42(31-11-7-5-8-12-31)35-23-25-37-38-26-24-36(28-40(38)41(3,4)39(37)27-35)43(32-13-9-6-10-14-32)34-21-17-30(2)18-22-34;1-21-7-11-23(12-8-21)32(5)25-15-17-27-28-18-16-26(20-30(28)31(3,4)29(27)19-25)33(6)24-13-9-22(2)10-14-24/h19-30,33-34H,7-18,31-32H2,1-6H3;5-28H,1-4H3;7-20H,1-6H3. The van der Waals surface area contributed by atoms with E-state index < -0.39 is 0 Å². The molecule has 0 radical (unpaired) electrons. The fraction of sp³-hybridized carbons (Fsp3) is 0.282. The number of rotatable bonds is 28. The molecule has 6 heteroatoms. The van der Waals surface area contributed by atoms with Crippen molar-refractivity contribution in [2.24, 2.45) is 0 Å². The third-order valence-corrected chi connectivity index (χ3v) is 26.9. The molecule has 0 spiro atoms. The topological polar surface area (TPSA) is 19.4 Å². The summed E-state index contributed by atoms with van der Waals surface area (Å²) in [7, 11) is 8.75. The maximum absolute atomic E-state index is 2.56. The summed E-state index contributed by atoms with van der Waals surface area (Å²) in [6.45, 7) is 26.9. The SMILES string of the molecule is CCCCCCCCC1(CCCCCCCC)c2cc(N(C)c3ccc(C)cc3)ccc2-c2ccc(N(C)c3ccc(C)cc3)cc21.Cc1ccc(N(C)c2ccc3c(c2)C(C)(C)c2cc(N(C)c4ccc(C)cc4)ccc2-3)cc1.Cc1ccc(N(c2ccccc2)c2ccc3c(c2)C(C)(C)c2cc(N(c4ccccc4)c4ccc(C)cc4)ccc2-3)cc1. The molecule has 0 fully saturated rings. The number of fused-ring (bicyclic) bond motifs is 9. The smallest absolute Gasteiger partial charge is 0.0465 e. The largest absolute Gasteiger partial charge is 0.345 e. The van der Waals surface area contributed by atoms with Crippen LogP contribution in [-0.2, 0) is 16.2 Å². The van der Waals surface area contributed by atoms with Gasteiger partial charge in [-0.25, -0.2) is 0 Å². The van der Waals surface area contributed by atoms with Gasteiger partial charge in [-0.15, -0.1) is 0 Å². The molecule has 0 N–H and O–H groups in total. The fourth-order valence-electron chi connectivity index (χ4n) is 19.2. The minimum atomic E-state index is -0.165. The summed E-state index contributed by atoms with van der Waals surface area (Å²) in [4.78, 5) is 14.0. The van der Waals surface area contributed by atoms with Crippen molar-refractivity contribution in [3.8, 4) is 33.4 Å². The summed E-state index contributed by atoms with van der Waals surface area (Å²) < 4.78 is 0. The summed E-state index contributed by atoms with van der Waals surface area (Å²) in [6.07, 6.45) is 18.4. The third-order valence-electron chi connectivity index (χ3n) is 26.9. The Labute approximate surface area is 737 Å². The molecule has 0 saturated heterocycles. The van der Waals surface area contributed by atoms with Crippen LogP contribution in [0.3, 0.4) is 0 Å². The highest BCUT2D eigenvalue weighted by Gasteiger charge is 2.44. The molecule has 0 atom stereocenters. The second kappa shape index (κ2) is 37.7. The molecule has 14 aromatic carbocycles. The fourth-order valence-corrected chi connectivity index (χ4v) is 19.2. The highest BCUT2D eigenvalue weighted by atomic mass is 15.2. The van der Waals surface area contributed by atoms with Crippen LogP contribution in [0.25, 0.3) is 33.4 Å². The van der Waals surface area contributed by atoms with Gasteiger partial charge < -0.3 is 29.4 Å². The van der Waals surface area contributed by atoms with E-state index in [0.29, 0.717) is 0 Å². The molecule has 14 aromatic rings. The molecule has 17 rings (SSSR count). The summed E-state index contributed by atoms with van der Waals surface area (Å²) in [5, 5.41) is 0. The number of anilines is 14. The zero-order chi connectivity index (χ0) is 86.1. The molecule has 0 amide bonds. The molecule has 3 aliphatic carbocycles. The molecular weight excluding hydrogens is 1490 g/mol. The van der Waals surface area contributed by atoms with Crippen molar-refractivity contribution in [3.63, 3.8) is 0 Å². The summed E-state index contributed by atoms with van der Waals surface area (Å²) in [5.41, 5.74) is 41.2. The van der Waals surface area contributed by atoms with Gasteiger partial charge in [-0.1, -0.05) is 298 Å². The summed E-state index contributed by atoms with van der Waals surface area (Å²) in [5.74, 6) is 0. The Kier molecular flexibility index (Phi) is 26.3. The van der Waals surface area contributed by atoms with E-state index in [-0.39, 0.29) is 16.2 Å². The van der Waals surface area contributed by atoms with Crippen molar-refractivity contribution < 1.29 is 0 Å². The van der Waals surface area contributed by atoms with E-state index in [1.165, 1.54) is 236 Å². The van der Waals surface area contributed by atoms with Gasteiger partial charge in [-0.05, 0) is 291 Å². The summed E-state index contributed by atoms with van der Waals surface area (Å²) >= 11 is 0. The van der Waals surface area contributed by atoms with Crippen LogP contribution in [0, 0.1) is 41.5 Å². The van der Waals surface area contributed by atoms with E-state index >= 15 is 0 Å². The number of hydrogen-bond acceptors (Lipinski definition) is 6. The normalized spacial score (nSPS) is 13.0. The van der Waals surface area contributed by atoms with Gasteiger partial charge in [0.05, 0.1) is 0 Å². The van der Waals surface area contributed by atoms with Crippen LogP contribution in [-0.4, -0.2) is 28.2 Å². The molecule has 123 heavy (non-hydrogen) atoms. The Morgan fingerprint density at radius 3 is 0.650 bits per heavy atom. The van der Waals surface area contributed by atoms with E-state index in [1.807, 2.05) is 0 Å². The Morgan fingerprint density at radius 2 is 0.390 bits per heavy atom. The zero-order valence-electron chi connectivity index (χ0n) is 76.1. The average molecular weight is 1620 g/mol. The minimum Gasteiger partial charge on any atom is -0.345 e. The van der Waals surface area contributed by atoms with Crippen molar-refractivity contribution in [1.82, 2.24) is 0 Å². The van der Waals surface area contributed by atoms with Gasteiger partial charge in [0.1, 0.15) is 0 Å². The monoisotopic (exact) mass is 1620 g/mol. The first-order valence-electron chi connectivity index (χ1n) is 45.5. The van der Waals surface area contributed by atoms with Gasteiger partial charge >= 0.3 is 0 Å². The Hall–Kier alpha value is -12.1. The van der Waals surface area contributed by atoms with Crippen LogP contribution in [0.1, 0.15) is 198 Å². The van der Waals surface area contributed by atoms with Crippen LogP contribution >= 0.6 is 0 Å². The van der Waals surface area contributed by atoms with E-state index in [0.717, 1.165) is 22.7 Å². The van der Waals surface area contributed by atoms with Crippen LogP contribution in [0.15, 0.2) is 315 Å². The lowest BCUT2D eigenvalue weighted by Crippen LogP contribution is -2.26. The first-order chi connectivity index (χ1) is 59.5.